The first-order valence-corrected chi connectivity index (χ1v) is 12.1. The van der Waals surface area contributed by atoms with E-state index in [1.807, 2.05) is 19.1 Å². The van der Waals surface area contributed by atoms with Gasteiger partial charge in [0.25, 0.3) is 5.56 Å². The lowest BCUT2D eigenvalue weighted by molar-refractivity contribution is 0.0523. The lowest BCUT2D eigenvalue weighted by Gasteiger charge is -2.11. The molecule has 182 valence electrons. The number of rotatable bonds is 8. The number of ether oxygens (including phenoxy) is 2. The fourth-order valence-corrected chi connectivity index (χ4v) is 4.39. The molecule has 2 aromatic heterocycles. The van der Waals surface area contributed by atoms with Crippen LogP contribution in [0.15, 0.2) is 53.3 Å². The van der Waals surface area contributed by atoms with E-state index < -0.39 is 11.5 Å². The highest BCUT2D eigenvalue weighted by molar-refractivity contribution is 6.35. The van der Waals surface area contributed by atoms with Crippen molar-refractivity contribution in [1.29, 1.82) is 0 Å². The molecule has 0 saturated carbocycles. The largest absolute Gasteiger partial charge is 0.462 e. The van der Waals surface area contributed by atoms with Gasteiger partial charge in [0.1, 0.15) is 5.56 Å². The van der Waals surface area contributed by atoms with Gasteiger partial charge >= 0.3 is 5.97 Å². The lowest BCUT2D eigenvalue weighted by Crippen LogP contribution is -2.29. The number of carbonyl (C=O) groups is 1. The fourth-order valence-electron chi connectivity index (χ4n) is 3.77. The third-order valence-electron chi connectivity index (χ3n) is 5.34. The normalized spacial score (nSPS) is 11.2. The van der Waals surface area contributed by atoms with Gasteiger partial charge in [-0.3, -0.25) is 9.36 Å². The molecule has 0 aliphatic heterocycles. The van der Waals surface area contributed by atoms with Crippen LogP contribution in [0.25, 0.3) is 28.0 Å². The van der Waals surface area contributed by atoms with Crippen molar-refractivity contribution in [2.24, 2.45) is 0 Å². The van der Waals surface area contributed by atoms with E-state index in [0.717, 1.165) is 5.56 Å². The minimum Gasteiger partial charge on any atom is -0.462 e. The Kier molecular flexibility index (Phi) is 7.82. The first-order valence-electron chi connectivity index (χ1n) is 11.0. The van der Waals surface area contributed by atoms with Crippen molar-refractivity contribution in [2.45, 2.75) is 20.4 Å². The predicted molar refractivity (Wildman–Crippen MR) is 138 cm³/mol. The zero-order valence-corrected chi connectivity index (χ0v) is 21.3. The number of hydrogen-bond donors (Lipinski definition) is 0. The Morgan fingerprint density at radius 1 is 0.971 bits per heavy atom. The maximum atomic E-state index is 13.3. The number of aromatic nitrogens is 3. The van der Waals surface area contributed by atoms with Gasteiger partial charge in [0, 0.05) is 27.6 Å². The molecule has 35 heavy (non-hydrogen) atoms. The molecular formula is C25H22Cl3N3O4. The quantitative estimate of drug-likeness (QED) is 0.204. The standard InChI is InChI=1S/C25H22Cl3N3O4/c1-3-34-12-11-30-23-18(14-19(24(30)32)25(33)35-4-2)22(15-5-7-16(26)8-6-15)31(29-23)21-10-9-17(27)13-20(21)28/h5-10,13-14H,3-4,11-12H2,1-2H3. The summed E-state index contributed by atoms with van der Waals surface area (Å²) in [6.45, 7) is 4.64. The van der Waals surface area contributed by atoms with E-state index in [1.165, 1.54) is 10.6 Å². The second kappa shape index (κ2) is 10.8. The number of hydrogen-bond acceptors (Lipinski definition) is 5. The van der Waals surface area contributed by atoms with Gasteiger partial charge in [0.05, 0.1) is 36.2 Å². The van der Waals surface area contributed by atoms with Crippen molar-refractivity contribution in [1.82, 2.24) is 14.3 Å². The third kappa shape index (κ3) is 5.09. The maximum absolute atomic E-state index is 13.3. The van der Waals surface area contributed by atoms with Crippen LogP contribution in [-0.4, -0.2) is 40.1 Å². The summed E-state index contributed by atoms with van der Waals surface area (Å²) in [6.07, 6.45) is 0. The molecule has 0 saturated heterocycles. The van der Waals surface area contributed by atoms with Crippen LogP contribution >= 0.6 is 34.8 Å². The average Bonchev–Trinajstić information content (AvgIpc) is 3.19. The van der Waals surface area contributed by atoms with E-state index in [9.17, 15) is 9.59 Å². The molecule has 0 radical (unpaired) electrons. The molecule has 0 spiro atoms. The Labute approximate surface area is 216 Å². The van der Waals surface area contributed by atoms with E-state index in [2.05, 4.69) is 0 Å². The summed E-state index contributed by atoms with van der Waals surface area (Å²) in [5, 5.41) is 6.74. The lowest BCUT2D eigenvalue weighted by atomic mass is 10.1. The van der Waals surface area contributed by atoms with Crippen LogP contribution in [0.5, 0.6) is 0 Å². The van der Waals surface area contributed by atoms with Crippen molar-refractivity contribution in [2.75, 3.05) is 19.8 Å². The van der Waals surface area contributed by atoms with Gasteiger partial charge in [-0.15, -0.1) is 5.10 Å². The van der Waals surface area contributed by atoms with Crippen molar-refractivity contribution in [3.05, 3.63) is 79.5 Å². The minimum atomic E-state index is -0.705. The van der Waals surface area contributed by atoms with Gasteiger partial charge < -0.3 is 9.47 Å². The molecule has 0 aliphatic rings. The average molecular weight is 535 g/mol. The Morgan fingerprint density at radius 2 is 1.69 bits per heavy atom. The van der Waals surface area contributed by atoms with E-state index in [1.54, 1.807) is 41.9 Å². The Bertz CT molecular complexity index is 1450. The van der Waals surface area contributed by atoms with Crippen molar-refractivity contribution in [3.63, 3.8) is 0 Å². The first-order chi connectivity index (χ1) is 16.8. The van der Waals surface area contributed by atoms with Gasteiger partial charge in [0.15, 0.2) is 5.65 Å². The molecule has 0 atom stereocenters. The van der Waals surface area contributed by atoms with Gasteiger partial charge in [-0.1, -0.05) is 46.9 Å². The SMILES string of the molecule is CCOCCn1c(=O)c(C(=O)OCC)cc2c(-c3ccc(Cl)cc3)n(-c3ccc(Cl)cc3Cl)nc21. The molecule has 2 heterocycles. The number of esters is 1. The molecule has 4 rings (SSSR count). The second-order valence-electron chi connectivity index (χ2n) is 7.53. The van der Waals surface area contributed by atoms with Crippen molar-refractivity contribution >= 4 is 51.8 Å². The number of carbonyl (C=O) groups excluding carboxylic acids is 1. The summed E-state index contributed by atoms with van der Waals surface area (Å²) in [4.78, 5) is 26.0. The van der Waals surface area contributed by atoms with E-state index in [4.69, 9.17) is 49.4 Å². The molecule has 2 aromatic carbocycles. The van der Waals surface area contributed by atoms with Crippen molar-refractivity contribution < 1.29 is 14.3 Å². The highest BCUT2D eigenvalue weighted by atomic mass is 35.5. The highest BCUT2D eigenvalue weighted by Crippen LogP contribution is 2.35. The van der Waals surface area contributed by atoms with Crippen LogP contribution in [0.3, 0.4) is 0 Å². The molecule has 0 unspecified atom stereocenters. The summed E-state index contributed by atoms with van der Waals surface area (Å²) in [7, 11) is 0. The number of fused-ring (bicyclic) bond motifs is 1. The zero-order chi connectivity index (χ0) is 25.1. The second-order valence-corrected chi connectivity index (χ2v) is 8.81. The monoisotopic (exact) mass is 533 g/mol. The molecule has 4 aromatic rings. The maximum Gasteiger partial charge on any atom is 0.343 e. The summed E-state index contributed by atoms with van der Waals surface area (Å²) in [5.41, 5.74) is 1.71. The molecule has 0 fully saturated rings. The van der Waals surface area contributed by atoms with Crippen LogP contribution in [-0.2, 0) is 16.0 Å². The summed E-state index contributed by atoms with van der Waals surface area (Å²) in [5.74, 6) is -0.705. The van der Waals surface area contributed by atoms with E-state index in [0.29, 0.717) is 44.1 Å². The molecule has 0 aliphatic carbocycles. The van der Waals surface area contributed by atoms with Gasteiger partial charge in [-0.05, 0) is 50.2 Å². The molecule has 10 heteroatoms. The molecule has 0 bridgehead atoms. The van der Waals surface area contributed by atoms with Gasteiger partial charge in [-0.25, -0.2) is 9.48 Å². The van der Waals surface area contributed by atoms with Crippen molar-refractivity contribution in [3.8, 4) is 16.9 Å². The molecular weight excluding hydrogens is 513 g/mol. The Morgan fingerprint density at radius 3 is 2.34 bits per heavy atom. The number of nitrogens with zero attached hydrogens (tertiary/aromatic N) is 3. The topological polar surface area (TPSA) is 75.3 Å². The smallest absolute Gasteiger partial charge is 0.343 e. The van der Waals surface area contributed by atoms with E-state index >= 15 is 0 Å². The Balaban J connectivity index is 2.09. The summed E-state index contributed by atoms with van der Waals surface area (Å²) < 4.78 is 13.7. The first kappa shape index (κ1) is 25.3. The van der Waals surface area contributed by atoms with E-state index in [-0.39, 0.29) is 25.3 Å². The van der Waals surface area contributed by atoms with Crippen LogP contribution < -0.4 is 5.56 Å². The summed E-state index contributed by atoms with van der Waals surface area (Å²) in [6, 6.07) is 13.7. The van der Waals surface area contributed by atoms with Crippen LogP contribution in [0.4, 0.5) is 0 Å². The van der Waals surface area contributed by atoms with Crippen LogP contribution in [0.2, 0.25) is 15.1 Å². The molecule has 0 N–H and O–H groups in total. The van der Waals surface area contributed by atoms with Crippen LogP contribution in [0, 0.1) is 0 Å². The summed E-state index contributed by atoms with van der Waals surface area (Å²) >= 11 is 18.8. The minimum absolute atomic E-state index is 0.0900. The number of halogens is 3. The number of pyridine rings is 1. The molecule has 0 amide bonds. The zero-order valence-electron chi connectivity index (χ0n) is 19.1. The fraction of sp³-hybridized carbons (Fsp3) is 0.240. The third-order valence-corrected chi connectivity index (χ3v) is 6.13. The Hall–Kier alpha value is -2.84. The van der Waals surface area contributed by atoms with Gasteiger partial charge in [-0.2, -0.15) is 0 Å². The number of benzene rings is 2. The highest BCUT2D eigenvalue weighted by Gasteiger charge is 2.24. The molecule has 7 nitrogen and oxygen atoms in total. The van der Waals surface area contributed by atoms with Gasteiger partial charge in [0.2, 0.25) is 0 Å². The predicted octanol–water partition coefficient (Wildman–Crippen LogP) is 6.03. The van der Waals surface area contributed by atoms with Crippen LogP contribution in [0.1, 0.15) is 24.2 Å².